The van der Waals surface area contributed by atoms with Crippen LogP contribution in [-0.4, -0.2) is 0 Å². The van der Waals surface area contributed by atoms with Crippen molar-refractivity contribution in [3.8, 4) is 33.4 Å². The Balaban J connectivity index is 1.89. The van der Waals surface area contributed by atoms with Gasteiger partial charge in [0.1, 0.15) is 0 Å². The summed E-state index contributed by atoms with van der Waals surface area (Å²) in [6, 6.07) is 30.4. The van der Waals surface area contributed by atoms with Crippen LogP contribution >= 0.6 is 0 Å². The number of benzene rings is 4. The van der Waals surface area contributed by atoms with Crippen LogP contribution < -0.4 is 17.2 Å². The predicted octanol–water partition coefficient (Wildman–Crippen LogP) is 5.43. The zero-order chi connectivity index (χ0) is 18.8. The van der Waals surface area contributed by atoms with Crippen molar-refractivity contribution in [3.05, 3.63) is 91.0 Å². The van der Waals surface area contributed by atoms with E-state index in [0.717, 1.165) is 50.4 Å². The average molecular weight is 351 g/mol. The summed E-state index contributed by atoms with van der Waals surface area (Å²) in [6.45, 7) is 0. The Morgan fingerprint density at radius 2 is 0.704 bits per heavy atom. The van der Waals surface area contributed by atoms with Crippen molar-refractivity contribution in [1.29, 1.82) is 0 Å². The Morgan fingerprint density at radius 1 is 0.333 bits per heavy atom. The van der Waals surface area contributed by atoms with Crippen molar-refractivity contribution in [2.45, 2.75) is 0 Å². The first-order chi connectivity index (χ1) is 13.1. The van der Waals surface area contributed by atoms with Gasteiger partial charge < -0.3 is 17.2 Å². The second-order valence-corrected chi connectivity index (χ2v) is 6.63. The maximum Gasteiger partial charge on any atom is 0.0314 e. The number of hydrogen-bond donors (Lipinski definition) is 3. The lowest BCUT2D eigenvalue weighted by atomic mass is 9.91. The minimum Gasteiger partial charge on any atom is -0.399 e. The standard InChI is InChI=1S/C24H21N3/c25-20-8-1-16(2-9-20)19-7-14-23(17-3-10-21(26)11-4-17)24(15-19)18-5-12-22(27)13-6-18/h1-15H,25-27H2. The van der Waals surface area contributed by atoms with E-state index in [1.165, 1.54) is 0 Å². The van der Waals surface area contributed by atoms with Crippen molar-refractivity contribution in [2.24, 2.45) is 0 Å². The summed E-state index contributed by atoms with van der Waals surface area (Å²) in [5.41, 5.74) is 26.6. The molecule has 3 heteroatoms. The molecule has 0 atom stereocenters. The van der Waals surface area contributed by atoms with Gasteiger partial charge in [0.15, 0.2) is 0 Å². The third-order valence-corrected chi connectivity index (χ3v) is 4.71. The minimum absolute atomic E-state index is 0.752. The highest BCUT2D eigenvalue weighted by Crippen LogP contribution is 2.36. The van der Waals surface area contributed by atoms with Crippen molar-refractivity contribution in [1.82, 2.24) is 0 Å². The number of hydrogen-bond acceptors (Lipinski definition) is 3. The average Bonchev–Trinajstić information content (AvgIpc) is 2.69. The van der Waals surface area contributed by atoms with Crippen molar-refractivity contribution < 1.29 is 0 Å². The Morgan fingerprint density at radius 3 is 1.19 bits per heavy atom. The lowest BCUT2D eigenvalue weighted by molar-refractivity contribution is 1.56. The van der Waals surface area contributed by atoms with E-state index in [2.05, 4.69) is 30.3 Å². The van der Waals surface area contributed by atoms with E-state index in [1.807, 2.05) is 60.7 Å². The Labute approximate surface area is 159 Å². The van der Waals surface area contributed by atoms with Gasteiger partial charge in [0, 0.05) is 17.1 Å². The summed E-state index contributed by atoms with van der Waals surface area (Å²) in [5.74, 6) is 0. The van der Waals surface area contributed by atoms with Gasteiger partial charge in [-0.3, -0.25) is 0 Å². The first kappa shape index (κ1) is 16.7. The van der Waals surface area contributed by atoms with Gasteiger partial charge in [-0.25, -0.2) is 0 Å². The molecule has 0 aliphatic carbocycles. The van der Waals surface area contributed by atoms with Crippen LogP contribution in [0.25, 0.3) is 33.4 Å². The largest absolute Gasteiger partial charge is 0.399 e. The molecule has 0 spiro atoms. The molecule has 0 saturated heterocycles. The van der Waals surface area contributed by atoms with Crippen LogP contribution in [-0.2, 0) is 0 Å². The normalized spacial score (nSPS) is 10.7. The number of nitrogens with two attached hydrogens (primary N) is 3. The molecule has 0 fully saturated rings. The lowest BCUT2D eigenvalue weighted by Gasteiger charge is -2.14. The fraction of sp³-hybridized carbons (Fsp3) is 0. The molecule has 0 amide bonds. The second kappa shape index (κ2) is 6.89. The number of anilines is 3. The fourth-order valence-electron chi connectivity index (χ4n) is 3.22. The summed E-state index contributed by atoms with van der Waals surface area (Å²) in [4.78, 5) is 0. The second-order valence-electron chi connectivity index (χ2n) is 6.63. The molecular formula is C24H21N3. The highest BCUT2D eigenvalue weighted by atomic mass is 14.5. The van der Waals surface area contributed by atoms with E-state index in [1.54, 1.807) is 0 Å². The van der Waals surface area contributed by atoms with Crippen LogP contribution in [0.15, 0.2) is 91.0 Å². The molecule has 4 aromatic carbocycles. The van der Waals surface area contributed by atoms with Gasteiger partial charge in [0.05, 0.1) is 0 Å². The molecule has 4 aromatic rings. The SMILES string of the molecule is Nc1ccc(-c2ccc(-c3ccc(N)cc3)c(-c3ccc(N)cc3)c2)cc1. The molecular weight excluding hydrogens is 330 g/mol. The Hall–Kier alpha value is -3.72. The number of rotatable bonds is 3. The van der Waals surface area contributed by atoms with Crippen LogP contribution in [0.4, 0.5) is 17.1 Å². The Bertz CT molecular complexity index is 1060. The topological polar surface area (TPSA) is 78.1 Å². The van der Waals surface area contributed by atoms with Crippen molar-refractivity contribution in [2.75, 3.05) is 17.2 Å². The van der Waals surface area contributed by atoms with Gasteiger partial charge >= 0.3 is 0 Å². The van der Waals surface area contributed by atoms with Crippen LogP contribution in [0.3, 0.4) is 0 Å². The molecule has 0 unspecified atom stereocenters. The van der Waals surface area contributed by atoms with E-state index in [9.17, 15) is 0 Å². The van der Waals surface area contributed by atoms with E-state index in [4.69, 9.17) is 17.2 Å². The fourth-order valence-corrected chi connectivity index (χ4v) is 3.22. The van der Waals surface area contributed by atoms with Gasteiger partial charge in [-0.05, 0) is 75.8 Å². The van der Waals surface area contributed by atoms with Crippen LogP contribution in [0, 0.1) is 0 Å². The predicted molar refractivity (Wildman–Crippen MR) is 116 cm³/mol. The van der Waals surface area contributed by atoms with Gasteiger partial charge in [-0.15, -0.1) is 0 Å². The zero-order valence-electron chi connectivity index (χ0n) is 14.9. The summed E-state index contributed by atoms with van der Waals surface area (Å²) in [7, 11) is 0. The zero-order valence-corrected chi connectivity index (χ0v) is 14.9. The van der Waals surface area contributed by atoms with Gasteiger partial charge in [-0.1, -0.05) is 48.5 Å². The van der Waals surface area contributed by atoms with E-state index < -0.39 is 0 Å². The minimum atomic E-state index is 0.752. The molecule has 3 nitrogen and oxygen atoms in total. The first-order valence-corrected chi connectivity index (χ1v) is 8.82. The van der Waals surface area contributed by atoms with Gasteiger partial charge in [0.2, 0.25) is 0 Å². The molecule has 0 aromatic heterocycles. The summed E-state index contributed by atoms with van der Waals surface area (Å²) in [5, 5.41) is 0. The van der Waals surface area contributed by atoms with E-state index in [0.29, 0.717) is 0 Å². The summed E-state index contributed by atoms with van der Waals surface area (Å²) < 4.78 is 0. The molecule has 6 N–H and O–H groups in total. The van der Waals surface area contributed by atoms with E-state index >= 15 is 0 Å². The summed E-state index contributed by atoms with van der Waals surface area (Å²) >= 11 is 0. The summed E-state index contributed by atoms with van der Waals surface area (Å²) in [6.07, 6.45) is 0. The third-order valence-electron chi connectivity index (χ3n) is 4.71. The third kappa shape index (κ3) is 3.48. The monoisotopic (exact) mass is 351 g/mol. The first-order valence-electron chi connectivity index (χ1n) is 8.82. The van der Waals surface area contributed by atoms with Crippen LogP contribution in [0.1, 0.15) is 0 Å². The molecule has 0 aliphatic heterocycles. The lowest BCUT2D eigenvalue weighted by Crippen LogP contribution is -1.90. The van der Waals surface area contributed by atoms with E-state index in [-0.39, 0.29) is 0 Å². The molecule has 0 bridgehead atoms. The molecule has 0 aliphatic rings. The molecule has 0 saturated carbocycles. The van der Waals surface area contributed by atoms with Crippen LogP contribution in [0.2, 0.25) is 0 Å². The smallest absolute Gasteiger partial charge is 0.0314 e. The Kier molecular flexibility index (Phi) is 4.27. The van der Waals surface area contributed by atoms with Gasteiger partial charge in [0.25, 0.3) is 0 Å². The highest BCUT2D eigenvalue weighted by Gasteiger charge is 2.10. The maximum atomic E-state index is 5.88. The molecule has 4 rings (SSSR count). The van der Waals surface area contributed by atoms with Crippen molar-refractivity contribution in [3.63, 3.8) is 0 Å². The van der Waals surface area contributed by atoms with Crippen molar-refractivity contribution >= 4 is 17.1 Å². The molecule has 0 heterocycles. The molecule has 27 heavy (non-hydrogen) atoms. The number of nitrogen functional groups attached to an aromatic ring is 3. The van der Waals surface area contributed by atoms with Gasteiger partial charge in [-0.2, -0.15) is 0 Å². The van der Waals surface area contributed by atoms with Crippen LogP contribution in [0.5, 0.6) is 0 Å². The molecule has 132 valence electrons. The quantitative estimate of drug-likeness (QED) is 0.430. The highest BCUT2D eigenvalue weighted by molar-refractivity contribution is 5.87. The molecule has 0 radical (unpaired) electrons. The maximum absolute atomic E-state index is 5.88.